The van der Waals surface area contributed by atoms with Crippen LogP contribution in [0.2, 0.25) is 0 Å². The third-order valence-corrected chi connectivity index (χ3v) is 10.2. The van der Waals surface area contributed by atoms with E-state index in [2.05, 4.69) is 6.07 Å². The number of nitrogens with zero attached hydrogens (tertiary/aromatic N) is 1. The van der Waals surface area contributed by atoms with Crippen LogP contribution in [0.3, 0.4) is 0 Å². The fourth-order valence-corrected chi connectivity index (χ4v) is 9.37. The summed E-state index contributed by atoms with van der Waals surface area (Å²) >= 11 is 1.65. The zero-order valence-electron chi connectivity index (χ0n) is 15.8. The van der Waals surface area contributed by atoms with E-state index in [9.17, 15) is 13.2 Å². The highest BCUT2D eigenvalue weighted by molar-refractivity contribution is 7.91. The minimum atomic E-state index is -3.00. The predicted octanol–water partition coefficient (Wildman–Crippen LogP) is 3.87. The van der Waals surface area contributed by atoms with Gasteiger partial charge in [-0.2, -0.15) is 0 Å². The van der Waals surface area contributed by atoms with Crippen LogP contribution in [0.15, 0.2) is 17.5 Å². The van der Waals surface area contributed by atoms with Crippen molar-refractivity contribution in [2.75, 3.05) is 11.5 Å². The first-order valence-corrected chi connectivity index (χ1v) is 13.1. The molecule has 0 unspecified atom stereocenters. The lowest BCUT2D eigenvalue weighted by atomic mass is 9.49. The molecule has 0 aromatic carbocycles. The average molecular weight is 408 g/mol. The van der Waals surface area contributed by atoms with Gasteiger partial charge in [0.2, 0.25) is 5.91 Å². The van der Waals surface area contributed by atoms with Crippen molar-refractivity contribution >= 4 is 27.1 Å². The molecule has 5 aliphatic rings. The molecular weight excluding hydrogens is 378 g/mol. The summed E-state index contributed by atoms with van der Waals surface area (Å²) in [7, 11) is -3.00. The maximum absolute atomic E-state index is 13.5. The van der Waals surface area contributed by atoms with Crippen LogP contribution in [0.5, 0.6) is 0 Å². The van der Waals surface area contributed by atoms with Crippen molar-refractivity contribution in [3.8, 4) is 0 Å². The molecule has 1 aromatic rings. The van der Waals surface area contributed by atoms with E-state index >= 15 is 0 Å². The number of carbonyl (C=O) groups is 1. The van der Waals surface area contributed by atoms with Crippen molar-refractivity contribution in [3.05, 3.63) is 22.4 Å². The summed E-state index contributed by atoms with van der Waals surface area (Å²) in [5, 5.41) is 2.03. The Labute approximate surface area is 166 Å². The largest absolute Gasteiger partial charge is 0.334 e. The standard InChI is InChI=1S/C21H29NO3S2/c23-20(12-21-9-15-6-16(10-21)8-17(7-15)11-21)22(13-19-2-1-4-26-19)18-3-5-27(24,25)14-18/h1-2,4,15-18H,3,5-14H2/t15?,16?,17?,18-,21?/m1/s1. The van der Waals surface area contributed by atoms with Crippen LogP contribution in [0.4, 0.5) is 0 Å². The van der Waals surface area contributed by atoms with Gasteiger partial charge in [-0.25, -0.2) is 8.42 Å². The molecule has 4 saturated carbocycles. The Morgan fingerprint density at radius 1 is 1.15 bits per heavy atom. The van der Waals surface area contributed by atoms with Crippen molar-refractivity contribution in [2.24, 2.45) is 23.2 Å². The normalized spacial score (nSPS) is 39.0. The van der Waals surface area contributed by atoms with Crippen molar-refractivity contribution < 1.29 is 13.2 Å². The lowest BCUT2D eigenvalue weighted by molar-refractivity contribution is -0.142. The fourth-order valence-electron chi connectivity index (χ4n) is 6.94. The van der Waals surface area contributed by atoms with Crippen LogP contribution in [-0.2, 0) is 21.2 Å². The third-order valence-electron chi connectivity index (χ3n) is 7.57. The number of hydrogen-bond donors (Lipinski definition) is 0. The van der Waals surface area contributed by atoms with Gasteiger partial charge in [0.15, 0.2) is 9.84 Å². The van der Waals surface area contributed by atoms with Gasteiger partial charge in [-0.1, -0.05) is 6.07 Å². The van der Waals surface area contributed by atoms with Crippen LogP contribution in [0.1, 0.15) is 56.2 Å². The Morgan fingerprint density at radius 2 is 1.81 bits per heavy atom. The van der Waals surface area contributed by atoms with Gasteiger partial charge in [0.05, 0.1) is 18.1 Å². The molecule has 0 spiro atoms. The van der Waals surface area contributed by atoms with Crippen LogP contribution in [-0.4, -0.2) is 36.8 Å². The fraction of sp³-hybridized carbons (Fsp3) is 0.762. The van der Waals surface area contributed by atoms with Crippen molar-refractivity contribution in [1.29, 1.82) is 0 Å². The SMILES string of the molecule is O=C(CC12CC3CC(CC(C3)C1)C2)N(Cc1cccs1)[C@@H]1CCS(=O)(=O)C1. The Bertz CT molecular complexity index is 779. The molecule has 4 bridgehead atoms. The van der Waals surface area contributed by atoms with Crippen LogP contribution < -0.4 is 0 Å². The number of amides is 1. The van der Waals surface area contributed by atoms with Gasteiger partial charge in [0, 0.05) is 17.3 Å². The van der Waals surface area contributed by atoms with Crippen LogP contribution in [0.25, 0.3) is 0 Å². The second-order valence-electron chi connectivity index (χ2n) is 9.75. The van der Waals surface area contributed by atoms with Gasteiger partial charge in [-0.05, 0) is 79.6 Å². The zero-order valence-corrected chi connectivity index (χ0v) is 17.4. The molecule has 2 heterocycles. The Kier molecular flexibility index (Phi) is 4.43. The molecule has 1 saturated heterocycles. The monoisotopic (exact) mass is 407 g/mol. The molecule has 4 aliphatic carbocycles. The number of carbonyl (C=O) groups excluding carboxylic acids is 1. The molecule has 1 aromatic heterocycles. The van der Waals surface area contributed by atoms with E-state index in [-0.39, 0.29) is 28.9 Å². The first-order chi connectivity index (χ1) is 12.9. The second-order valence-corrected chi connectivity index (χ2v) is 13.0. The van der Waals surface area contributed by atoms with Gasteiger partial charge < -0.3 is 4.90 Å². The van der Waals surface area contributed by atoms with Gasteiger partial charge in [0.25, 0.3) is 0 Å². The quantitative estimate of drug-likeness (QED) is 0.744. The molecule has 148 valence electrons. The lowest BCUT2D eigenvalue weighted by Gasteiger charge is -2.57. The molecular formula is C21H29NO3S2. The van der Waals surface area contributed by atoms with Crippen molar-refractivity contribution in [2.45, 2.75) is 64.0 Å². The molecule has 1 amide bonds. The van der Waals surface area contributed by atoms with Crippen molar-refractivity contribution in [3.63, 3.8) is 0 Å². The van der Waals surface area contributed by atoms with Gasteiger partial charge >= 0.3 is 0 Å². The summed E-state index contributed by atoms with van der Waals surface area (Å²) < 4.78 is 24.1. The second kappa shape index (κ2) is 6.58. The third kappa shape index (κ3) is 3.59. The van der Waals surface area contributed by atoms with Gasteiger partial charge in [-0.15, -0.1) is 11.3 Å². The van der Waals surface area contributed by atoms with E-state index < -0.39 is 9.84 Å². The smallest absolute Gasteiger partial charge is 0.223 e. The molecule has 4 nitrogen and oxygen atoms in total. The topological polar surface area (TPSA) is 54.5 Å². The van der Waals surface area contributed by atoms with E-state index in [1.165, 1.54) is 38.5 Å². The highest BCUT2D eigenvalue weighted by atomic mass is 32.2. The summed E-state index contributed by atoms with van der Waals surface area (Å²) in [6.45, 7) is 0.572. The van der Waals surface area contributed by atoms with E-state index in [4.69, 9.17) is 0 Å². The Hall–Kier alpha value is -0.880. The minimum Gasteiger partial charge on any atom is -0.334 e. The highest BCUT2D eigenvalue weighted by Crippen LogP contribution is 2.61. The molecule has 0 radical (unpaired) electrons. The Balaban J connectivity index is 1.36. The molecule has 0 N–H and O–H groups in total. The zero-order chi connectivity index (χ0) is 18.6. The van der Waals surface area contributed by atoms with E-state index in [0.29, 0.717) is 19.4 Å². The maximum atomic E-state index is 13.5. The number of rotatable bonds is 5. The number of hydrogen-bond acceptors (Lipinski definition) is 4. The summed E-state index contributed by atoms with van der Waals surface area (Å²) in [6.07, 6.45) is 9.05. The summed E-state index contributed by atoms with van der Waals surface area (Å²) in [6, 6.07) is 3.92. The van der Waals surface area contributed by atoms with E-state index in [0.717, 1.165) is 22.6 Å². The average Bonchev–Trinajstić information content (AvgIpc) is 3.19. The van der Waals surface area contributed by atoms with E-state index in [1.54, 1.807) is 11.3 Å². The first-order valence-electron chi connectivity index (χ1n) is 10.4. The maximum Gasteiger partial charge on any atom is 0.223 e. The number of thiophene rings is 1. The molecule has 1 aliphatic heterocycles. The Morgan fingerprint density at radius 3 is 2.33 bits per heavy atom. The van der Waals surface area contributed by atoms with E-state index in [1.807, 2.05) is 16.3 Å². The van der Waals surface area contributed by atoms with Crippen LogP contribution in [0, 0.1) is 23.2 Å². The van der Waals surface area contributed by atoms with Crippen LogP contribution >= 0.6 is 11.3 Å². The van der Waals surface area contributed by atoms with Gasteiger partial charge in [-0.3, -0.25) is 4.79 Å². The predicted molar refractivity (Wildman–Crippen MR) is 107 cm³/mol. The number of sulfone groups is 1. The van der Waals surface area contributed by atoms with Crippen molar-refractivity contribution in [1.82, 2.24) is 4.90 Å². The molecule has 6 rings (SSSR count). The molecule has 1 atom stereocenters. The summed E-state index contributed by atoms with van der Waals surface area (Å²) in [5.41, 5.74) is 0.205. The highest BCUT2D eigenvalue weighted by Gasteiger charge is 2.52. The molecule has 5 fully saturated rings. The molecule has 6 heteroatoms. The van der Waals surface area contributed by atoms with Gasteiger partial charge in [0.1, 0.15) is 0 Å². The summed E-state index contributed by atoms with van der Waals surface area (Å²) in [5.74, 6) is 3.08. The first kappa shape index (κ1) is 18.2. The summed E-state index contributed by atoms with van der Waals surface area (Å²) in [4.78, 5) is 16.6. The lowest BCUT2D eigenvalue weighted by Crippen LogP contribution is -2.49. The minimum absolute atomic E-state index is 0.140. The molecule has 27 heavy (non-hydrogen) atoms.